The summed E-state index contributed by atoms with van der Waals surface area (Å²) in [6.07, 6.45) is -0.652. The highest BCUT2D eigenvalue weighted by atomic mass is 16.5. The maximum atomic E-state index is 12.1. The Bertz CT molecular complexity index is 1160. The van der Waals surface area contributed by atoms with Crippen molar-refractivity contribution < 1.29 is 24.5 Å². The zero-order valence-corrected chi connectivity index (χ0v) is 16.7. The van der Waals surface area contributed by atoms with Crippen molar-refractivity contribution in [3.8, 4) is 11.8 Å². The van der Waals surface area contributed by atoms with E-state index in [1.54, 1.807) is 12.1 Å². The Morgan fingerprint density at radius 3 is 2.84 bits per heavy atom. The maximum absolute atomic E-state index is 12.1. The number of carbonyl (C=O) groups is 1. The van der Waals surface area contributed by atoms with Crippen LogP contribution in [0.15, 0.2) is 30.6 Å². The molecular formula is C21H21N5O5. The Hall–Kier alpha value is -3.52. The summed E-state index contributed by atoms with van der Waals surface area (Å²) in [6.45, 7) is 1.48. The van der Waals surface area contributed by atoms with Crippen LogP contribution in [0.2, 0.25) is 0 Å². The summed E-state index contributed by atoms with van der Waals surface area (Å²) in [5.74, 6) is 5.31. The van der Waals surface area contributed by atoms with Gasteiger partial charge in [0.05, 0.1) is 23.7 Å². The summed E-state index contributed by atoms with van der Waals surface area (Å²) < 4.78 is 12.3. The largest absolute Gasteiger partial charge is 0.449 e. The molecular weight excluding hydrogens is 402 g/mol. The molecule has 1 aliphatic rings. The molecule has 1 aromatic carbocycles. The first kappa shape index (κ1) is 20.7. The van der Waals surface area contributed by atoms with Crippen molar-refractivity contribution in [3.63, 3.8) is 0 Å². The standard InChI is InChI=1S/C21H21N5O5/c1-12-4-6-13(7-5-12)21(29)30-8-2-3-14-18-19(22)23-11-24-20(18)26(25-14)17-9-15(28)16(10-27)31-17/h4-7,11,15-17,27-28H,8-10H2,1H3,(H2,22,23,24)/t15?,16-,17-/m1/s1. The number of hydrogen-bond acceptors (Lipinski definition) is 9. The molecule has 0 saturated carbocycles. The molecule has 0 aliphatic carbocycles. The Morgan fingerprint density at radius 1 is 1.35 bits per heavy atom. The normalized spacial score (nSPS) is 20.4. The highest BCUT2D eigenvalue weighted by Gasteiger charge is 2.36. The van der Waals surface area contributed by atoms with E-state index >= 15 is 0 Å². The molecule has 4 rings (SSSR count). The van der Waals surface area contributed by atoms with Crippen molar-refractivity contribution in [2.24, 2.45) is 0 Å². The van der Waals surface area contributed by atoms with Gasteiger partial charge in [0.15, 0.2) is 18.5 Å². The summed E-state index contributed by atoms with van der Waals surface area (Å²) in [5, 5.41) is 24.2. The molecule has 10 nitrogen and oxygen atoms in total. The average Bonchev–Trinajstić information content (AvgIpc) is 3.32. The third-order valence-corrected chi connectivity index (χ3v) is 4.94. The summed E-state index contributed by atoms with van der Waals surface area (Å²) in [7, 11) is 0. The minimum absolute atomic E-state index is 0.139. The van der Waals surface area contributed by atoms with Crippen LogP contribution in [0.4, 0.5) is 5.82 Å². The van der Waals surface area contributed by atoms with Crippen molar-refractivity contribution in [2.45, 2.75) is 31.8 Å². The first-order valence-electron chi connectivity index (χ1n) is 9.63. The molecule has 3 atom stereocenters. The Labute approximate surface area is 177 Å². The first-order valence-corrected chi connectivity index (χ1v) is 9.63. The lowest BCUT2D eigenvalue weighted by Gasteiger charge is -2.12. The minimum atomic E-state index is -0.829. The van der Waals surface area contributed by atoms with Crippen molar-refractivity contribution in [2.75, 3.05) is 18.9 Å². The van der Waals surface area contributed by atoms with Crippen LogP contribution < -0.4 is 5.73 Å². The van der Waals surface area contributed by atoms with Crippen LogP contribution in [0.25, 0.3) is 11.0 Å². The third-order valence-electron chi connectivity index (χ3n) is 4.94. The van der Waals surface area contributed by atoms with Gasteiger partial charge in [0.2, 0.25) is 0 Å². The number of carbonyl (C=O) groups excluding carboxylic acids is 1. The third kappa shape index (κ3) is 4.20. The number of benzene rings is 1. The predicted molar refractivity (Wildman–Crippen MR) is 110 cm³/mol. The second-order valence-electron chi connectivity index (χ2n) is 7.11. The number of anilines is 1. The van der Waals surface area contributed by atoms with E-state index in [4.69, 9.17) is 15.2 Å². The van der Waals surface area contributed by atoms with Gasteiger partial charge in [-0.1, -0.05) is 23.6 Å². The molecule has 3 heterocycles. The van der Waals surface area contributed by atoms with Gasteiger partial charge in [-0.2, -0.15) is 5.10 Å². The lowest BCUT2D eigenvalue weighted by molar-refractivity contribution is -0.0470. The van der Waals surface area contributed by atoms with Crippen LogP contribution >= 0.6 is 0 Å². The smallest absolute Gasteiger partial charge is 0.339 e. The molecule has 10 heteroatoms. The van der Waals surface area contributed by atoms with Gasteiger partial charge in [-0.25, -0.2) is 19.4 Å². The molecule has 4 N–H and O–H groups in total. The monoisotopic (exact) mass is 423 g/mol. The number of nitrogens with two attached hydrogens (primary N) is 1. The predicted octanol–water partition coefficient (Wildman–Crippen LogP) is 0.566. The summed E-state index contributed by atoms with van der Waals surface area (Å²) in [6, 6.07) is 7.03. The number of aromatic nitrogens is 4. The van der Waals surface area contributed by atoms with Crippen LogP contribution in [0.1, 0.15) is 34.3 Å². The number of fused-ring (bicyclic) bond motifs is 1. The van der Waals surface area contributed by atoms with E-state index in [0.29, 0.717) is 22.3 Å². The minimum Gasteiger partial charge on any atom is -0.449 e. The summed E-state index contributed by atoms with van der Waals surface area (Å²) in [5.41, 5.74) is 8.18. The van der Waals surface area contributed by atoms with Crippen LogP contribution in [0, 0.1) is 18.8 Å². The fourth-order valence-electron chi connectivity index (χ4n) is 3.31. The lowest BCUT2D eigenvalue weighted by atomic mass is 10.1. The lowest BCUT2D eigenvalue weighted by Crippen LogP contribution is -2.24. The number of rotatable bonds is 4. The molecule has 3 aromatic rings. The molecule has 1 saturated heterocycles. The summed E-state index contributed by atoms with van der Waals surface area (Å²) >= 11 is 0. The Balaban J connectivity index is 1.55. The van der Waals surface area contributed by atoms with Gasteiger partial charge >= 0.3 is 5.97 Å². The zero-order chi connectivity index (χ0) is 22.0. The Morgan fingerprint density at radius 2 is 2.13 bits per heavy atom. The average molecular weight is 423 g/mol. The summed E-state index contributed by atoms with van der Waals surface area (Å²) in [4.78, 5) is 20.3. The molecule has 160 valence electrons. The molecule has 0 spiro atoms. The molecule has 1 aliphatic heterocycles. The number of aryl methyl sites for hydroxylation is 1. The van der Waals surface area contributed by atoms with E-state index in [9.17, 15) is 15.0 Å². The van der Waals surface area contributed by atoms with E-state index in [2.05, 4.69) is 26.9 Å². The van der Waals surface area contributed by atoms with Crippen molar-refractivity contribution in [1.82, 2.24) is 19.7 Å². The fraction of sp³-hybridized carbons (Fsp3) is 0.333. The number of nitrogen functional groups attached to an aromatic ring is 1. The second kappa shape index (κ2) is 8.69. The van der Waals surface area contributed by atoms with Crippen molar-refractivity contribution in [3.05, 3.63) is 47.4 Å². The van der Waals surface area contributed by atoms with E-state index in [0.717, 1.165) is 5.56 Å². The highest BCUT2D eigenvalue weighted by molar-refractivity contribution is 5.91. The molecule has 31 heavy (non-hydrogen) atoms. The number of ether oxygens (including phenoxy) is 2. The highest BCUT2D eigenvalue weighted by Crippen LogP contribution is 2.32. The van der Waals surface area contributed by atoms with Gasteiger partial charge in [0.1, 0.15) is 23.9 Å². The number of esters is 1. The number of hydrogen-bond donors (Lipinski definition) is 3. The van der Waals surface area contributed by atoms with Gasteiger partial charge in [-0.05, 0) is 25.0 Å². The van der Waals surface area contributed by atoms with Crippen molar-refractivity contribution in [1.29, 1.82) is 0 Å². The van der Waals surface area contributed by atoms with Crippen LogP contribution in [-0.4, -0.2) is 61.4 Å². The van der Waals surface area contributed by atoms with E-state index in [1.807, 2.05) is 19.1 Å². The molecule has 1 fully saturated rings. The zero-order valence-electron chi connectivity index (χ0n) is 16.7. The van der Waals surface area contributed by atoms with Crippen molar-refractivity contribution >= 4 is 22.8 Å². The molecule has 0 amide bonds. The van der Waals surface area contributed by atoms with Crippen LogP contribution in [-0.2, 0) is 9.47 Å². The number of aliphatic hydroxyl groups is 2. The van der Waals surface area contributed by atoms with Gasteiger partial charge < -0.3 is 25.4 Å². The fourth-order valence-corrected chi connectivity index (χ4v) is 3.31. The molecule has 0 radical (unpaired) electrons. The van der Waals surface area contributed by atoms with Crippen LogP contribution in [0.5, 0.6) is 0 Å². The molecule has 0 bridgehead atoms. The number of aliphatic hydroxyl groups excluding tert-OH is 2. The SMILES string of the molecule is Cc1ccc(C(=O)OCC#Cc2nn([C@H]3CC(O)[C@@H](CO)O3)c3ncnc(N)c23)cc1. The van der Waals surface area contributed by atoms with Gasteiger partial charge in [-0.15, -0.1) is 0 Å². The Kier molecular flexibility index (Phi) is 5.81. The quantitative estimate of drug-likeness (QED) is 0.405. The molecule has 1 unspecified atom stereocenters. The van der Waals surface area contributed by atoms with Crippen LogP contribution in [0.3, 0.4) is 0 Å². The number of nitrogens with zero attached hydrogens (tertiary/aromatic N) is 4. The first-order chi connectivity index (χ1) is 15.0. The van der Waals surface area contributed by atoms with E-state index < -0.39 is 24.4 Å². The second-order valence-corrected chi connectivity index (χ2v) is 7.11. The molecule has 2 aromatic heterocycles. The van der Waals surface area contributed by atoms with E-state index in [1.165, 1.54) is 11.0 Å². The van der Waals surface area contributed by atoms with Gasteiger partial charge in [-0.3, -0.25) is 0 Å². The topological polar surface area (TPSA) is 146 Å². The van der Waals surface area contributed by atoms with Gasteiger partial charge in [0, 0.05) is 6.42 Å². The maximum Gasteiger partial charge on any atom is 0.339 e. The van der Waals surface area contributed by atoms with E-state index in [-0.39, 0.29) is 25.5 Å². The van der Waals surface area contributed by atoms with Gasteiger partial charge in [0.25, 0.3) is 0 Å².